The van der Waals surface area contributed by atoms with E-state index in [0.717, 1.165) is 13.1 Å². The second-order valence-electron chi connectivity index (χ2n) is 5.25. The molecule has 0 N–H and O–H groups in total. The molecule has 2 aliphatic rings. The Labute approximate surface area is 123 Å². The van der Waals surface area contributed by atoms with Crippen LogP contribution >= 0.6 is 23.1 Å². The molecule has 1 unspecified atom stereocenters. The minimum atomic E-state index is 0.258. The number of rotatable bonds is 4. The highest BCUT2D eigenvalue weighted by Gasteiger charge is 2.33. The number of carbonyl (C=O) groups excluding carboxylic acids is 1. The van der Waals surface area contributed by atoms with Gasteiger partial charge in [-0.05, 0) is 45.0 Å². The zero-order chi connectivity index (χ0) is 13.2. The van der Waals surface area contributed by atoms with Gasteiger partial charge >= 0.3 is 0 Å². The molecule has 0 radical (unpaired) electrons. The van der Waals surface area contributed by atoms with Gasteiger partial charge in [0.15, 0.2) is 0 Å². The molecule has 3 rings (SSSR count). The van der Waals surface area contributed by atoms with E-state index in [9.17, 15) is 4.79 Å². The highest BCUT2D eigenvalue weighted by Crippen LogP contribution is 2.41. The number of hydrogen-bond acceptors (Lipinski definition) is 4. The molecule has 1 aromatic rings. The lowest BCUT2D eigenvalue weighted by molar-refractivity contribution is -0.128. The van der Waals surface area contributed by atoms with E-state index in [1.165, 1.54) is 35.7 Å². The number of thiophene rings is 1. The van der Waals surface area contributed by atoms with Crippen LogP contribution in [-0.4, -0.2) is 47.6 Å². The van der Waals surface area contributed by atoms with Crippen LogP contribution in [0.3, 0.4) is 0 Å². The fourth-order valence-corrected chi connectivity index (χ4v) is 5.11. The Morgan fingerprint density at radius 1 is 1.26 bits per heavy atom. The summed E-state index contributed by atoms with van der Waals surface area (Å²) in [4.78, 5) is 19.3. The van der Waals surface area contributed by atoms with Gasteiger partial charge in [-0.15, -0.1) is 23.1 Å². The zero-order valence-corrected chi connectivity index (χ0v) is 12.9. The van der Waals surface area contributed by atoms with Crippen molar-refractivity contribution < 1.29 is 4.79 Å². The summed E-state index contributed by atoms with van der Waals surface area (Å²) < 4.78 is 0. The van der Waals surface area contributed by atoms with Crippen LogP contribution in [0.2, 0.25) is 0 Å². The summed E-state index contributed by atoms with van der Waals surface area (Å²) in [5, 5.41) is 0.258. The summed E-state index contributed by atoms with van der Waals surface area (Å²) in [5.41, 5.74) is 0. The summed E-state index contributed by atoms with van der Waals surface area (Å²) in [6.45, 7) is 6.46. The number of carbonyl (C=O) groups is 1. The summed E-state index contributed by atoms with van der Waals surface area (Å²) in [7, 11) is 0. The Kier molecular flexibility index (Phi) is 4.15. The van der Waals surface area contributed by atoms with Crippen molar-refractivity contribution in [2.24, 2.45) is 0 Å². The molecule has 0 spiro atoms. The van der Waals surface area contributed by atoms with Gasteiger partial charge in [0, 0.05) is 22.8 Å². The summed E-state index contributed by atoms with van der Waals surface area (Å²) in [5.74, 6) is 0.946. The van der Waals surface area contributed by atoms with Gasteiger partial charge in [-0.25, -0.2) is 0 Å². The first-order chi connectivity index (χ1) is 9.24. The third-order valence-electron chi connectivity index (χ3n) is 3.83. The highest BCUT2D eigenvalue weighted by molar-refractivity contribution is 8.00. The van der Waals surface area contributed by atoms with Crippen molar-refractivity contribution >= 4 is 29.0 Å². The van der Waals surface area contributed by atoms with Crippen LogP contribution in [0.15, 0.2) is 12.1 Å². The van der Waals surface area contributed by atoms with E-state index in [0.29, 0.717) is 11.7 Å². The van der Waals surface area contributed by atoms with Crippen LogP contribution in [0.4, 0.5) is 0 Å². The average molecular weight is 296 g/mol. The number of hydrogen-bond donors (Lipinski definition) is 0. The van der Waals surface area contributed by atoms with Gasteiger partial charge in [0.25, 0.3) is 0 Å². The van der Waals surface area contributed by atoms with E-state index in [1.807, 2.05) is 11.3 Å². The molecule has 1 amide bonds. The normalized spacial score (nSPS) is 24.6. The third kappa shape index (κ3) is 2.98. The Morgan fingerprint density at radius 2 is 2.05 bits per heavy atom. The predicted octanol–water partition coefficient (Wildman–Crippen LogP) is 2.73. The smallest absolute Gasteiger partial charge is 0.233 e. The third-order valence-corrected chi connectivity index (χ3v) is 6.27. The molecule has 2 aliphatic heterocycles. The SMILES string of the molecule is Cc1ccc(C2SCC(=O)N2CCN2CCCC2)s1. The van der Waals surface area contributed by atoms with Gasteiger partial charge in [0.2, 0.25) is 5.91 Å². The monoisotopic (exact) mass is 296 g/mol. The number of likely N-dealkylation sites (tertiary alicyclic amines) is 1. The zero-order valence-electron chi connectivity index (χ0n) is 11.3. The average Bonchev–Trinajstić information content (AvgIpc) is 3.08. The lowest BCUT2D eigenvalue weighted by Gasteiger charge is -2.25. The van der Waals surface area contributed by atoms with E-state index in [4.69, 9.17) is 0 Å². The van der Waals surface area contributed by atoms with Crippen LogP contribution in [-0.2, 0) is 4.79 Å². The molecule has 3 heterocycles. The highest BCUT2D eigenvalue weighted by atomic mass is 32.2. The van der Waals surface area contributed by atoms with E-state index in [2.05, 4.69) is 28.9 Å². The van der Waals surface area contributed by atoms with Crippen molar-refractivity contribution in [1.29, 1.82) is 0 Å². The number of nitrogens with zero attached hydrogens (tertiary/aromatic N) is 2. The van der Waals surface area contributed by atoms with Gasteiger partial charge in [-0.1, -0.05) is 0 Å². The predicted molar refractivity (Wildman–Crippen MR) is 81.6 cm³/mol. The topological polar surface area (TPSA) is 23.6 Å². The molecule has 19 heavy (non-hydrogen) atoms. The van der Waals surface area contributed by atoms with Crippen molar-refractivity contribution in [2.45, 2.75) is 25.1 Å². The van der Waals surface area contributed by atoms with E-state index in [1.54, 1.807) is 11.8 Å². The maximum atomic E-state index is 12.1. The minimum Gasteiger partial charge on any atom is -0.324 e. The van der Waals surface area contributed by atoms with Crippen LogP contribution in [0.1, 0.15) is 28.0 Å². The molecular weight excluding hydrogens is 276 g/mol. The Hall–Kier alpha value is -0.520. The Balaban J connectivity index is 1.64. The summed E-state index contributed by atoms with van der Waals surface area (Å²) >= 11 is 3.60. The minimum absolute atomic E-state index is 0.258. The van der Waals surface area contributed by atoms with Crippen LogP contribution in [0, 0.1) is 6.92 Å². The summed E-state index contributed by atoms with van der Waals surface area (Å²) in [6, 6.07) is 4.33. The standard InChI is InChI=1S/C14H20N2OS2/c1-11-4-5-12(19-11)14-16(13(17)10-18-14)9-8-15-6-2-3-7-15/h4-5,14H,2-3,6-10H2,1H3. The lowest BCUT2D eigenvalue weighted by atomic mass is 10.3. The molecule has 0 aromatic carbocycles. The van der Waals surface area contributed by atoms with Gasteiger partial charge in [0.05, 0.1) is 5.75 Å². The number of thioether (sulfide) groups is 1. The van der Waals surface area contributed by atoms with Crippen molar-refractivity contribution in [1.82, 2.24) is 9.80 Å². The second kappa shape index (κ2) is 5.85. The first-order valence-corrected chi connectivity index (χ1v) is 8.80. The molecule has 104 valence electrons. The van der Waals surface area contributed by atoms with E-state index >= 15 is 0 Å². The maximum absolute atomic E-state index is 12.1. The van der Waals surface area contributed by atoms with Crippen molar-refractivity contribution in [3.05, 3.63) is 21.9 Å². The first kappa shape index (κ1) is 13.5. The molecule has 1 atom stereocenters. The molecular formula is C14H20N2OS2. The molecule has 0 bridgehead atoms. The van der Waals surface area contributed by atoms with Gasteiger partial charge < -0.3 is 9.80 Å². The molecule has 3 nitrogen and oxygen atoms in total. The van der Waals surface area contributed by atoms with E-state index in [-0.39, 0.29) is 5.37 Å². The molecule has 2 saturated heterocycles. The largest absolute Gasteiger partial charge is 0.324 e. The quantitative estimate of drug-likeness (QED) is 0.853. The molecule has 2 fully saturated rings. The number of aryl methyl sites for hydroxylation is 1. The van der Waals surface area contributed by atoms with Crippen LogP contribution < -0.4 is 0 Å². The summed E-state index contributed by atoms with van der Waals surface area (Å²) in [6.07, 6.45) is 2.63. The van der Waals surface area contributed by atoms with Crippen LogP contribution in [0.5, 0.6) is 0 Å². The molecule has 1 aromatic heterocycles. The molecule has 0 aliphatic carbocycles. The Bertz CT molecular complexity index is 454. The van der Waals surface area contributed by atoms with Crippen molar-refractivity contribution in [2.75, 3.05) is 31.9 Å². The fraction of sp³-hybridized carbons (Fsp3) is 0.643. The number of amides is 1. The fourth-order valence-electron chi connectivity index (χ4n) is 2.77. The second-order valence-corrected chi connectivity index (χ2v) is 7.64. The molecule has 0 saturated carbocycles. The van der Waals surface area contributed by atoms with Crippen LogP contribution in [0.25, 0.3) is 0 Å². The van der Waals surface area contributed by atoms with Crippen molar-refractivity contribution in [3.63, 3.8) is 0 Å². The maximum Gasteiger partial charge on any atom is 0.233 e. The van der Waals surface area contributed by atoms with Crippen molar-refractivity contribution in [3.8, 4) is 0 Å². The van der Waals surface area contributed by atoms with Gasteiger partial charge in [-0.3, -0.25) is 4.79 Å². The van der Waals surface area contributed by atoms with Gasteiger partial charge in [-0.2, -0.15) is 0 Å². The van der Waals surface area contributed by atoms with E-state index < -0.39 is 0 Å². The van der Waals surface area contributed by atoms with Gasteiger partial charge in [0.1, 0.15) is 5.37 Å². The lowest BCUT2D eigenvalue weighted by Crippen LogP contribution is -2.36. The molecule has 5 heteroatoms. The Morgan fingerprint density at radius 3 is 2.74 bits per heavy atom. The first-order valence-electron chi connectivity index (χ1n) is 6.94.